The number of fused-ring (bicyclic) bond motifs is 1. The molecule has 0 aliphatic carbocycles. The molecule has 0 amide bonds. The van der Waals surface area contributed by atoms with Crippen molar-refractivity contribution in [2.24, 2.45) is 0 Å². The Morgan fingerprint density at radius 3 is 2.50 bits per heavy atom. The summed E-state index contributed by atoms with van der Waals surface area (Å²) in [6.45, 7) is 0.767. The molecule has 12 heteroatoms. The van der Waals surface area contributed by atoms with Crippen LogP contribution in [-0.2, 0) is 9.53 Å². The zero-order valence-electron chi connectivity index (χ0n) is 17.3. The van der Waals surface area contributed by atoms with Crippen LogP contribution in [0.5, 0.6) is 5.75 Å². The van der Waals surface area contributed by atoms with Gasteiger partial charge in [0, 0.05) is 37.2 Å². The van der Waals surface area contributed by atoms with Crippen LogP contribution in [0.15, 0.2) is 30.3 Å². The molecule has 0 bridgehead atoms. The summed E-state index contributed by atoms with van der Waals surface area (Å²) in [5.74, 6) is -0.202. The third-order valence-electron chi connectivity index (χ3n) is 5.04. The zero-order valence-corrected chi connectivity index (χ0v) is 17.3. The fourth-order valence-electron chi connectivity index (χ4n) is 3.41. The number of esters is 1. The number of methoxy groups -OCH3 is 2. The zero-order chi connectivity index (χ0) is 23.4. The standard InChI is InChI=1S/C20H20N4O8/c1-31-19-11-16-13(18(25)5-7-22(16)8-6-20(26)32-2)10-15(19)21-14-4-3-12(23(27)28)9-17(14)24(29)30/h3-4,9-11,21H,5-8H2,1-2H3. The number of nitro benzene ring substituents is 2. The van der Waals surface area contributed by atoms with E-state index in [-0.39, 0.29) is 36.0 Å². The van der Waals surface area contributed by atoms with Crippen molar-refractivity contribution < 1.29 is 28.9 Å². The monoisotopic (exact) mass is 444 g/mol. The second-order valence-electron chi connectivity index (χ2n) is 6.90. The number of benzene rings is 2. The number of anilines is 3. The Hall–Kier alpha value is -4.22. The molecule has 0 fully saturated rings. The number of ketones is 1. The minimum atomic E-state index is -0.736. The Labute approximate surface area is 182 Å². The van der Waals surface area contributed by atoms with E-state index in [4.69, 9.17) is 4.74 Å². The molecular formula is C20H20N4O8. The highest BCUT2D eigenvalue weighted by atomic mass is 16.6. The Balaban J connectivity index is 2.00. The molecule has 2 aromatic carbocycles. The minimum absolute atomic E-state index is 0.00431. The Bertz CT molecular complexity index is 1100. The van der Waals surface area contributed by atoms with Gasteiger partial charge in [-0.25, -0.2) is 0 Å². The van der Waals surface area contributed by atoms with Crippen molar-refractivity contribution in [3.63, 3.8) is 0 Å². The first-order valence-corrected chi connectivity index (χ1v) is 9.52. The molecule has 1 aliphatic rings. The van der Waals surface area contributed by atoms with E-state index in [1.54, 1.807) is 6.07 Å². The number of nitro groups is 2. The van der Waals surface area contributed by atoms with Crippen LogP contribution in [0.3, 0.4) is 0 Å². The quantitative estimate of drug-likeness (QED) is 0.364. The molecule has 1 heterocycles. The number of rotatable bonds is 8. The van der Waals surface area contributed by atoms with Crippen molar-refractivity contribution in [3.8, 4) is 5.75 Å². The van der Waals surface area contributed by atoms with Crippen LogP contribution in [0.1, 0.15) is 23.2 Å². The van der Waals surface area contributed by atoms with Crippen molar-refractivity contribution in [2.45, 2.75) is 12.8 Å². The molecule has 0 atom stereocenters. The number of Topliss-reactive ketones (excluding diaryl/α,β-unsaturated/α-hetero) is 1. The van der Waals surface area contributed by atoms with Crippen molar-refractivity contribution in [3.05, 3.63) is 56.1 Å². The van der Waals surface area contributed by atoms with Gasteiger partial charge in [0.15, 0.2) is 5.78 Å². The summed E-state index contributed by atoms with van der Waals surface area (Å²) >= 11 is 0. The molecule has 0 spiro atoms. The average molecular weight is 444 g/mol. The van der Waals surface area contributed by atoms with E-state index in [9.17, 15) is 29.8 Å². The number of ether oxygens (including phenoxy) is 2. The smallest absolute Gasteiger partial charge is 0.307 e. The summed E-state index contributed by atoms with van der Waals surface area (Å²) in [4.78, 5) is 46.9. The number of non-ortho nitro benzene ring substituents is 1. The van der Waals surface area contributed by atoms with Gasteiger partial charge in [-0.15, -0.1) is 0 Å². The third kappa shape index (κ3) is 4.58. The highest BCUT2D eigenvalue weighted by Gasteiger charge is 2.27. The SMILES string of the molecule is COC(=O)CCN1CCC(=O)c2cc(Nc3ccc([N+](=O)[O-])cc3[N+](=O)[O-])c(OC)cc21. The van der Waals surface area contributed by atoms with Crippen LogP contribution in [-0.4, -0.2) is 48.9 Å². The van der Waals surface area contributed by atoms with Gasteiger partial charge in [0.25, 0.3) is 11.4 Å². The molecule has 2 aromatic rings. The Kier molecular flexibility index (Phi) is 6.52. The first kappa shape index (κ1) is 22.5. The van der Waals surface area contributed by atoms with E-state index in [1.807, 2.05) is 4.90 Å². The molecule has 0 unspecified atom stereocenters. The van der Waals surface area contributed by atoms with Crippen molar-refractivity contribution in [1.82, 2.24) is 0 Å². The molecule has 168 valence electrons. The molecule has 0 radical (unpaired) electrons. The maximum atomic E-state index is 12.6. The van der Waals surface area contributed by atoms with Crippen LogP contribution >= 0.6 is 0 Å². The van der Waals surface area contributed by atoms with E-state index in [1.165, 1.54) is 26.4 Å². The van der Waals surface area contributed by atoms with Gasteiger partial charge < -0.3 is 19.7 Å². The lowest BCUT2D eigenvalue weighted by atomic mass is 9.98. The first-order valence-electron chi connectivity index (χ1n) is 9.52. The Morgan fingerprint density at radius 1 is 1.12 bits per heavy atom. The number of carbonyl (C=O) groups excluding carboxylic acids is 2. The van der Waals surface area contributed by atoms with E-state index < -0.39 is 21.2 Å². The van der Waals surface area contributed by atoms with Gasteiger partial charge in [0.2, 0.25) is 0 Å². The van der Waals surface area contributed by atoms with E-state index >= 15 is 0 Å². The van der Waals surface area contributed by atoms with Crippen molar-refractivity contribution >= 4 is 40.2 Å². The average Bonchev–Trinajstić information content (AvgIpc) is 2.78. The lowest BCUT2D eigenvalue weighted by molar-refractivity contribution is -0.393. The van der Waals surface area contributed by atoms with Crippen molar-refractivity contribution in [1.29, 1.82) is 0 Å². The topological polar surface area (TPSA) is 154 Å². The lowest BCUT2D eigenvalue weighted by Gasteiger charge is -2.31. The predicted octanol–water partition coefficient (Wildman–Crippen LogP) is 3.21. The molecule has 1 aliphatic heterocycles. The third-order valence-corrected chi connectivity index (χ3v) is 5.04. The maximum Gasteiger partial charge on any atom is 0.307 e. The summed E-state index contributed by atoms with van der Waals surface area (Å²) in [5, 5.41) is 25.2. The maximum absolute atomic E-state index is 12.6. The normalized spacial score (nSPS) is 12.7. The van der Waals surface area contributed by atoms with Gasteiger partial charge in [-0.1, -0.05) is 0 Å². The lowest BCUT2D eigenvalue weighted by Crippen LogP contribution is -2.34. The molecule has 0 aromatic heterocycles. The van der Waals surface area contributed by atoms with Gasteiger partial charge in [-0.2, -0.15) is 0 Å². The number of nitrogens with one attached hydrogen (secondary N) is 1. The predicted molar refractivity (Wildman–Crippen MR) is 114 cm³/mol. The van der Waals surface area contributed by atoms with Crippen LogP contribution < -0.4 is 15.0 Å². The molecule has 0 saturated carbocycles. The van der Waals surface area contributed by atoms with E-state index in [0.717, 1.165) is 12.1 Å². The summed E-state index contributed by atoms with van der Waals surface area (Å²) in [6.07, 6.45) is 0.374. The number of nitrogens with zero attached hydrogens (tertiary/aromatic N) is 3. The highest BCUT2D eigenvalue weighted by molar-refractivity contribution is 6.05. The first-order chi connectivity index (χ1) is 15.2. The Morgan fingerprint density at radius 2 is 1.88 bits per heavy atom. The molecule has 12 nitrogen and oxygen atoms in total. The van der Waals surface area contributed by atoms with E-state index in [2.05, 4.69) is 10.1 Å². The van der Waals surface area contributed by atoms with Crippen LogP contribution in [0.2, 0.25) is 0 Å². The van der Waals surface area contributed by atoms with Crippen molar-refractivity contribution in [2.75, 3.05) is 37.5 Å². The largest absolute Gasteiger partial charge is 0.494 e. The minimum Gasteiger partial charge on any atom is -0.494 e. The summed E-state index contributed by atoms with van der Waals surface area (Å²) in [7, 11) is 2.70. The van der Waals surface area contributed by atoms with Crippen LogP contribution in [0.4, 0.5) is 28.4 Å². The fourth-order valence-corrected chi connectivity index (χ4v) is 3.41. The summed E-state index contributed by atoms with van der Waals surface area (Å²) in [5.41, 5.74) is 0.317. The summed E-state index contributed by atoms with van der Waals surface area (Å²) in [6, 6.07) is 6.35. The van der Waals surface area contributed by atoms with Gasteiger partial charge in [-0.05, 0) is 12.1 Å². The number of carbonyl (C=O) groups is 2. The second-order valence-corrected chi connectivity index (χ2v) is 6.90. The molecule has 32 heavy (non-hydrogen) atoms. The van der Waals surface area contributed by atoms with E-state index in [0.29, 0.717) is 30.1 Å². The van der Waals surface area contributed by atoms with Gasteiger partial charge in [0.05, 0.1) is 47.9 Å². The number of hydrogen-bond acceptors (Lipinski definition) is 10. The van der Waals surface area contributed by atoms with Gasteiger partial charge >= 0.3 is 5.97 Å². The summed E-state index contributed by atoms with van der Waals surface area (Å²) < 4.78 is 10.1. The highest BCUT2D eigenvalue weighted by Crippen LogP contribution is 2.40. The van der Waals surface area contributed by atoms with Gasteiger partial charge in [0.1, 0.15) is 11.4 Å². The molecular weight excluding hydrogens is 424 g/mol. The molecule has 1 N–H and O–H groups in total. The molecule has 0 saturated heterocycles. The van der Waals surface area contributed by atoms with Gasteiger partial charge in [-0.3, -0.25) is 29.8 Å². The van der Waals surface area contributed by atoms with Crippen LogP contribution in [0, 0.1) is 20.2 Å². The second kappa shape index (κ2) is 9.29. The molecule has 3 rings (SSSR count). The van der Waals surface area contributed by atoms with Crippen LogP contribution in [0.25, 0.3) is 0 Å². The number of hydrogen-bond donors (Lipinski definition) is 1. The fraction of sp³-hybridized carbons (Fsp3) is 0.300.